The molecule has 0 radical (unpaired) electrons. The molecule has 1 heterocycles. The van der Waals surface area contributed by atoms with Crippen molar-refractivity contribution in [3.8, 4) is 0 Å². The zero-order chi connectivity index (χ0) is 14.3. The average molecular weight is 289 g/mol. The smallest absolute Gasteiger partial charge is 0.239 e. The van der Waals surface area contributed by atoms with E-state index in [2.05, 4.69) is 25.6 Å². The van der Waals surface area contributed by atoms with Crippen LogP contribution >= 0.6 is 11.6 Å². The second-order valence-electron chi connectivity index (χ2n) is 3.82. The maximum Gasteiger partial charge on any atom is 0.239 e. The van der Waals surface area contributed by atoms with E-state index in [4.69, 9.17) is 16.3 Å². The third kappa shape index (κ3) is 5.66. The summed E-state index contributed by atoms with van der Waals surface area (Å²) in [6.45, 7) is 0.975. The van der Waals surface area contributed by atoms with Crippen LogP contribution in [0.4, 0.5) is 11.9 Å². The first-order valence-electron chi connectivity index (χ1n) is 5.61. The molecule has 8 nitrogen and oxygen atoms in total. The Bertz CT molecular complexity index is 428. The molecule has 19 heavy (non-hydrogen) atoms. The molecule has 0 saturated carbocycles. The van der Waals surface area contributed by atoms with Crippen LogP contribution in [0.2, 0.25) is 5.28 Å². The molecule has 2 N–H and O–H groups in total. The second kappa shape index (κ2) is 7.70. The van der Waals surface area contributed by atoms with E-state index in [1.54, 1.807) is 26.1 Å². The number of aromatic nitrogens is 3. The fourth-order valence-corrected chi connectivity index (χ4v) is 1.29. The molecule has 0 aromatic carbocycles. The molecule has 1 rings (SSSR count). The average Bonchev–Trinajstić information content (AvgIpc) is 2.36. The summed E-state index contributed by atoms with van der Waals surface area (Å²) >= 11 is 5.77. The third-order valence-electron chi connectivity index (χ3n) is 2.03. The molecule has 1 aromatic heterocycles. The largest absolute Gasteiger partial charge is 0.383 e. The van der Waals surface area contributed by atoms with Gasteiger partial charge in [-0.25, -0.2) is 0 Å². The molecule has 1 aromatic rings. The van der Waals surface area contributed by atoms with E-state index < -0.39 is 0 Å². The number of ether oxygens (including phenoxy) is 1. The topological polar surface area (TPSA) is 92.3 Å². The number of halogens is 1. The van der Waals surface area contributed by atoms with Crippen molar-refractivity contribution in [1.82, 2.24) is 20.3 Å². The molecule has 9 heteroatoms. The number of carbonyl (C=O) groups is 1. The fourth-order valence-electron chi connectivity index (χ4n) is 1.13. The van der Waals surface area contributed by atoms with E-state index >= 15 is 0 Å². The van der Waals surface area contributed by atoms with Crippen molar-refractivity contribution in [2.24, 2.45) is 0 Å². The number of hydrogen-bond donors (Lipinski definition) is 2. The molecule has 0 bridgehead atoms. The summed E-state index contributed by atoms with van der Waals surface area (Å²) in [6, 6.07) is 0. The zero-order valence-electron chi connectivity index (χ0n) is 11.1. The van der Waals surface area contributed by atoms with Crippen LogP contribution in [0.25, 0.3) is 0 Å². The number of nitrogens with zero attached hydrogens (tertiary/aromatic N) is 4. The third-order valence-corrected chi connectivity index (χ3v) is 2.20. The maximum atomic E-state index is 11.5. The van der Waals surface area contributed by atoms with E-state index in [9.17, 15) is 4.79 Å². The van der Waals surface area contributed by atoms with Gasteiger partial charge >= 0.3 is 0 Å². The number of anilines is 2. The first-order valence-corrected chi connectivity index (χ1v) is 5.99. The summed E-state index contributed by atoms with van der Waals surface area (Å²) in [5.41, 5.74) is 0. The van der Waals surface area contributed by atoms with Crippen LogP contribution in [0.15, 0.2) is 0 Å². The van der Waals surface area contributed by atoms with Crippen molar-refractivity contribution >= 4 is 29.4 Å². The summed E-state index contributed by atoms with van der Waals surface area (Å²) in [5, 5.41) is 5.52. The number of rotatable bonds is 7. The second-order valence-corrected chi connectivity index (χ2v) is 4.16. The van der Waals surface area contributed by atoms with Gasteiger partial charge in [-0.2, -0.15) is 15.0 Å². The van der Waals surface area contributed by atoms with Crippen LogP contribution in [0.3, 0.4) is 0 Å². The van der Waals surface area contributed by atoms with Gasteiger partial charge in [0.2, 0.25) is 23.1 Å². The Morgan fingerprint density at radius 2 is 2.11 bits per heavy atom. The minimum Gasteiger partial charge on any atom is -0.383 e. The molecule has 0 atom stereocenters. The molecule has 0 unspecified atom stereocenters. The molecule has 0 fully saturated rings. The highest BCUT2D eigenvalue weighted by atomic mass is 35.5. The molecule has 0 aliphatic carbocycles. The van der Waals surface area contributed by atoms with Crippen molar-refractivity contribution in [3.05, 3.63) is 5.28 Å². The lowest BCUT2D eigenvalue weighted by atomic mass is 10.5. The van der Waals surface area contributed by atoms with Crippen LogP contribution in [-0.4, -0.2) is 61.8 Å². The van der Waals surface area contributed by atoms with Crippen LogP contribution in [-0.2, 0) is 9.53 Å². The minimum absolute atomic E-state index is 0.0525. The van der Waals surface area contributed by atoms with Crippen molar-refractivity contribution in [3.63, 3.8) is 0 Å². The van der Waals surface area contributed by atoms with Crippen LogP contribution in [0, 0.1) is 0 Å². The van der Waals surface area contributed by atoms with Gasteiger partial charge in [0, 0.05) is 27.7 Å². The SMILES string of the molecule is COCCNC(=O)CNc1nc(Cl)nc(N(C)C)n1. The van der Waals surface area contributed by atoms with E-state index in [1.165, 1.54) is 0 Å². The predicted molar refractivity (Wildman–Crippen MR) is 72.5 cm³/mol. The Kier molecular flexibility index (Phi) is 6.23. The van der Waals surface area contributed by atoms with Crippen LogP contribution in [0.1, 0.15) is 0 Å². The molecular weight excluding hydrogens is 272 g/mol. The highest BCUT2D eigenvalue weighted by Crippen LogP contribution is 2.10. The van der Waals surface area contributed by atoms with E-state index in [-0.39, 0.29) is 23.7 Å². The molecule has 0 saturated heterocycles. The molecule has 1 amide bonds. The van der Waals surface area contributed by atoms with Gasteiger partial charge in [-0.3, -0.25) is 4.79 Å². The molecule has 0 aliphatic heterocycles. The fraction of sp³-hybridized carbons (Fsp3) is 0.600. The van der Waals surface area contributed by atoms with Crippen LogP contribution in [0.5, 0.6) is 0 Å². The number of nitrogens with one attached hydrogen (secondary N) is 2. The van der Waals surface area contributed by atoms with E-state index in [1.807, 2.05) is 0 Å². The van der Waals surface area contributed by atoms with Gasteiger partial charge in [-0.1, -0.05) is 0 Å². The Balaban J connectivity index is 2.50. The molecular formula is C10H17ClN6O2. The lowest BCUT2D eigenvalue weighted by Crippen LogP contribution is -2.32. The number of amides is 1. The summed E-state index contributed by atoms with van der Waals surface area (Å²) < 4.78 is 4.82. The van der Waals surface area contributed by atoms with E-state index in [0.29, 0.717) is 19.1 Å². The zero-order valence-corrected chi connectivity index (χ0v) is 11.9. The van der Waals surface area contributed by atoms with E-state index in [0.717, 1.165) is 0 Å². The summed E-state index contributed by atoms with van der Waals surface area (Å²) in [7, 11) is 5.14. The first-order chi connectivity index (χ1) is 9.02. The van der Waals surface area contributed by atoms with Gasteiger partial charge in [0.05, 0.1) is 13.2 Å². The van der Waals surface area contributed by atoms with Crippen molar-refractivity contribution < 1.29 is 9.53 Å². The number of carbonyl (C=O) groups excluding carboxylic acids is 1. The predicted octanol–water partition coefficient (Wildman–Crippen LogP) is -0.234. The molecule has 0 aliphatic rings. The van der Waals surface area contributed by atoms with Crippen molar-refractivity contribution in [2.45, 2.75) is 0 Å². The first kappa shape index (κ1) is 15.4. The minimum atomic E-state index is -0.181. The highest BCUT2D eigenvalue weighted by Gasteiger charge is 2.07. The lowest BCUT2D eigenvalue weighted by molar-refractivity contribution is -0.119. The highest BCUT2D eigenvalue weighted by molar-refractivity contribution is 6.28. The molecule has 106 valence electrons. The maximum absolute atomic E-state index is 11.5. The number of methoxy groups -OCH3 is 1. The Labute approximate surface area is 116 Å². The van der Waals surface area contributed by atoms with Crippen molar-refractivity contribution in [1.29, 1.82) is 0 Å². The van der Waals surface area contributed by atoms with Crippen molar-refractivity contribution in [2.75, 3.05) is 51.1 Å². The Hall–Kier alpha value is -1.67. The Morgan fingerprint density at radius 1 is 1.37 bits per heavy atom. The van der Waals surface area contributed by atoms with Crippen LogP contribution < -0.4 is 15.5 Å². The lowest BCUT2D eigenvalue weighted by Gasteiger charge is -2.11. The van der Waals surface area contributed by atoms with Gasteiger partial charge in [0.15, 0.2) is 0 Å². The van der Waals surface area contributed by atoms with Gasteiger partial charge in [0.25, 0.3) is 0 Å². The van der Waals surface area contributed by atoms with Gasteiger partial charge < -0.3 is 20.3 Å². The Morgan fingerprint density at radius 3 is 2.74 bits per heavy atom. The summed E-state index contributed by atoms with van der Waals surface area (Å²) in [4.78, 5) is 25.1. The summed E-state index contributed by atoms with van der Waals surface area (Å²) in [6.07, 6.45) is 0. The quantitative estimate of drug-likeness (QED) is 0.669. The van der Waals surface area contributed by atoms with Gasteiger partial charge in [-0.05, 0) is 11.6 Å². The standard InChI is InChI=1S/C10H17ClN6O2/c1-17(2)10-15-8(11)14-9(16-10)13-6-7(18)12-4-5-19-3/h4-6H2,1-3H3,(H,12,18)(H,13,14,15,16). The monoisotopic (exact) mass is 288 g/mol. The molecule has 0 spiro atoms. The normalized spacial score (nSPS) is 10.1. The van der Waals surface area contributed by atoms with Gasteiger partial charge in [0.1, 0.15) is 0 Å². The van der Waals surface area contributed by atoms with Gasteiger partial charge in [-0.15, -0.1) is 0 Å². The summed E-state index contributed by atoms with van der Waals surface area (Å²) in [5.74, 6) is 0.493. The number of hydrogen-bond acceptors (Lipinski definition) is 7.